The van der Waals surface area contributed by atoms with Crippen LogP contribution in [0.1, 0.15) is 0 Å². The maximum absolute atomic E-state index is 11.7. The van der Waals surface area contributed by atoms with Crippen molar-refractivity contribution in [3.8, 4) is 5.75 Å². The topological polar surface area (TPSA) is 108 Å². The third-order valence-corrected chi connectivity index (χ3v) is 3.37. The molecular formula is C16H13BrN2O6. The molecule has 0 spiro atoms. The number of nitro benzene ring substituents is 1. The van der Waals surface area contributed by atoms with Crippen LogP contribution in [-0.4, -0.2) is 30.0 Å². The van der Waals surface area contributed by atoms with E-state index in [1.54, 1.807) is 18.2 Å². The molecule has 0 saturated carbocycles. The molecule has 0 unspecified atom stereocenters. The van der Waals surface area contributed by atoms with E-state index in [2.05, 4.69) is 21.2 Å². The van der Waals surface area contributed by atoms with Gasteiger partial charge in [-0.1, -0.05) is 22.0 Å². The number of esters is 1. The van der Waals surface area contributed by atoms with Crippen LogP contribution in [0.25, 0.3) is 0 Å². The number of carbonyl (C=O) groups excluding carboxylic acids is 2. The molecule has 0 heterocycles. The maximum Gasteiger partial charge on any atom is 0.344 e. The van der Waals surface area contributed by atoms with Gasteiger partial charge >= 0.3 is 5.97 Å². The molecule has 0 fully saturated rings. The van der Waals surface area contributed by atoms with Crippen LogP contribution in [0.4, 0.5) is 11.4 Å². The average molecular weight is 409 g/mol. The molecule has 130 valence electrons. The molecule has 0 atom stereocenters. The van der Waals surface area contributed by atoms with Crippen molar-refractivity contribution in [3.63, 3.8) is 0 Å². The summed E-state index contributed by atoms with van der Waals surface area (Å²) in [6.07, 6.45) is 0. The second-order valence-electron chi connectivity index (χ2n) is 4.76. The molecule has 25 heavy (non-hydrogen) atoms. The number of benzene rings is 2. The first-order valence-corrected chi connectivity index (χ1v) is 7.81. The molecule has 0 radical (unpaired) electrons. The molecule has 0 aromatic heterocycles. The molecule has 1 N–H and O–H groups in total. The van der Waals surface area contributed by atoms with E-state index < -0.39 is 30.0 Å². The Morgan fingerprint density at radius 1 is 1.12 bits per heavy atom. The minimum Gasteiger partial charge on any atom is -0.482 e. The van der Waals surface area contributed by atoms with Crippen molar-refractivity contribution in [2.75, 3.05) is 18.5 Å². The second kappa shape index (κ2) is 8.78. The standard InChI is InChI=1S/C16H13BrN2O6/c17-11-2-1-3-12(8-11)18-15(20)9-25-16(21)10-24-14-6-4-13(5-7-14)19(22)23/h1-8H,9-10H2,(H,18,20). The van der Waals surface area contributed by atoms with Gasteiger partial charge in [0, 0.05) is 22.3 Å². The van der Waals surface area contributed by atoms with E-state index in [9.17, 15) is 19.7 Å². The number of ether oxygens (including phenoxy) is 2. The Hall–Kier alpha value is -2.94. The molecule has 0 saturated heterocycles. The van der Waals surface area contributed by atoms with Crippen molar-refractivity contribution in [2.24, 2.45) is 0 Å². The van der Waals surface area contributed by atoms with Gasteiger partial charge in [0.2, 0.25) is 0 Å². The fourth-order valence-electron chi connectivity index (χ4n) is 1.76. The van der Waals surface area contributed by atoms with E-state index in [4.69, 9.17) is 9.47 Å². The molecule has 2 aromatic carbocycles. The smallest absolute Gasteiger partial charge is 0.344 e. The lowest BCUT2D eigenvalue weighted by atomic mass is 10.3. The lowest BCUT2D eigenvalue weighted by Gasteiger charge is -2.08. The van der Waals surface area contributed by atoms with E-state index >= 15 is 0 Å². The molecule has 1 amide bonds. The first-order chi connectivity index (χ1) is 11.9. The number of nitrogens with one attached hydrogen (secondary N) is 1. The third-order valence-electron chi connectivity index (χ3n) is 2.88. The van der Waals surface area contributed by atoms with Crippen LogP contribution in [0.15, 0.2) is 53.0 Å². The molecule has 0 bridgehead atoms. The minimum atomic E-state index is -0.734. The third kappa shape index (κ3) is 6.22. The molecule has 0 aliphatic heterocycles. The van der Waals surface area contributed by atoms with Gasteiger partial charge in [0.1, 0.15) is 5.75 Å². The van der Waals surface area contributed by atoms with Crippen molar-refractivity contribution in [2.45, 2.75) is 0 Å². The van der Waals surface area contributed by atoms with E-state index in [1.165, 1.54) is 24.3 Å². The lowest BCUT2D eigenvalue weighted by molar-refractivity contribution is -0.384. The zero-order valence-corrected chi connectivity index (χ0v) is 14.4. The zero-order valence-electron chi connectivity index (χ0n) is 12.8. The van der Waals surface area contributed by atoms with Crippen LogP contribution in [0.2, 0.25) is 0 Å². The van der Waals surface area contributed by atoms with Crippen molar-refractivity contribution in [3.05, 3.63) is 63.1 Å². The van der Waals surface area contributed by atoms with Crippen LogP contribution in [0.3, 0.4) is 0 Å². The number of non-ortho nitro benzene ring substituents is 1. The Kier molecular flexibility index (Phi) is 6.47. The Morgan fingerprint density at radius 2 is 1.84 bits per heavy atom. The van der Waals surface area contributed by atoms with Crippen LogP contribution in [0, 0.1) is 10.1 Å². The summed E-state index contributed by atoms with van der Waals surface area (Å²) in [5.41, 5.74) is 0.483. The van der Waals surface area contributed by atoms with Crippen LogP contribution in [-0.2, 0) is 14.3 Å². The summed E-state index contributed by atoms with van der Waals surface area (Å²) in [7, 11) is 0. The first-order valence-electron chi connectivity index (χ1n) is 7.02. The summed E-state index contributed by atoms with van der Waals surface area (Å²) in [4.78, 5) is 33.2. The Balaban J connectivity index is 1.73. The van der Waals surface area contributed by atoms with Crippen LogP contribution < -0.4 is 10.1 Å². The summed E-state index contributed by atoms with van der Waals surface area (Å²) >= 11 is 3.28. The molecule has 0 aliphatic rings. The number of rotatable bonds is 7. The Labute approximate surface area is 151 Å². The highest BCUT2D eigenvalue weighted by Gasteiger charge is 2.10. The van der Waals surface area contributed by atoms with Gasteiger partial charge in [-0.2, -0.15) is 0 Å². The highest BCUT2D eigenvalue weighted by Crippen LogP contribution is 2.17. The fraction of sp³-hybridized carbons (Fsp3) is 0.125. The molecule has 2 aromatic rings. The highest BCUT2D eigenvalue weighted by molar-refractivity contribution is 9.10. The van der Waals surface area contributed by atoms with Gasteiger partial charge in [-0.15, -0.1) is 0 Å². The SMILES string of the molecule is O=C(COC(=O)COc1ccc([N+](=O)[O-])cc1)Nc1cccc(Br)c1. The molecule has 9 heteroatoms. The normalized spacial score (nSPS) is 9.96. The van der Waals surface area contributed by atoms with E-state index in [-0.39, 0.29) is 11.4 Å². The van der Waals surface area contributed by atoms with E-state index in [1.807, 2.05) is 6.07 Å². The summed E-state index contributed by atoms with van der Waals surface area (Å²) < 4.78 is 10.7. The number of amides is 1. The fourth-order valence-corrected chi connectivity index (χ4v) is 2.16. The quantitative estimate of drug-likeness (QED) is 0.428. The van der Waals surface area contributed by atoms with Gasteiger partial charge in [-0.05, 0) is 30.3 Å². The molecular weight excluding hydrogens is 396 g/mol. The van der Waals surface area contributed by atoms with Gasteiger partial charge < -0.3 is 14.8 Å². The van der Waals surface area contributed by atoms with Crippen LogP contribution >= 0.6 is 15.9 Å². The number of carbonyl (C=O) groups is 2. The molecule has 0 aliphatic carbocycles. The lowest BCUT2D eigenvalue weighted by Crippen LogP contribution is -2.23. The average Bonchev–Trinajstić information content (AvgIpc) is 2.58. The largest absolute Gasteiger partial charge is 0.482 e. The van der Waals surface area contributed by atoms with Crippen molar-refractivity contribution < 1.29 is 24.0 Å². The number of halogens is 1. The van der Waals surface area contributed by atoms with E-state index in [0.717, 1.165) is 4.47 Å². The Morgan fingerprint density at radius 3 is 2.48 bits per heavy atom. The minimum absolute atomic E-state index is 0.0841. The van der Waals surface area contributed by atoms with Gasteiger partial charge in [0.25, 0.3) is 11.6 Å². The van der Waals surface area contributed by atoms with Crippen molar-refractivity contribution in [1.29, 1.82) is 0 Å². The summed E-state index contributed by atoms with van der Waals surface area (Å²) in [6, 6.07) is 12.2. The van der Waals surface area contributed by atoms with Gasteiger partial charge in [0.15, 0.2) is 13.2 Å². The summed E-state index contributed by atoms with van der Waals surface area (Å²) in [5.74, 6) is -0.939. The van der Waals surface area contributed by atoms with Gasteiger partial charge in [-0.3, -0.25) is 14.9 Å². The number of nitro groups is 1. The zero-order chi connectivity index (χ0) is 18.2. The number of nitrogens with zero attached hydrogens (tertiary/aromatic N) is 1. The summed E-state index contributed by atoms with van der Waals surface area (Å²) in [5, 5.41) is 13.1. The molecule has 2 rings (SSSR count). The monoisotopic (exact) mass is 408 g/mol. The van der Waals surface area contributed by atoms with Crippen LogP contribution in [0.5, 0.6) is 5.75 Å². The second-order valence-corrected chi connectivity index (χ2v) is 5.67. The molecule has 8 nitrogen and oxygen atoms in total. The predicted octanol–water partition coefficient (Wildman–Crippen LogP) is 2.92. The maximum atomic E-state index is 11.7. The van der Waals surface area contributed by atoms with Crippen molar-refractivity contribution >= 4 is 39.2 Å². The number of anilines is 1. The highest BCUT2D eigenvalue weighted by atomic mass is 79.9. The Bertz CT molecular complexity index is 778. The summed E-state index contributed by atoms with van der Waals surface area (Å²) in [6.45, 7) is -0.864. The number of hydrogen-bond acceptors (Lipinski definition) is 6. The number of hydrogen-bond donors (Lipinski definition) is 1. The first kappa shape index (κ1) is 18.4. The van der Waals surface area contributed by atoms with Crippen molar-refractivity contribution in [1.82, 2.24) is 0 Å². The van der Waals surface area contributed by atoms with Gasteiger partial charge in [-0.25, -0.2) is 4.79 Å². The van der Waals surface area contributed by atoms with E-state index in [0.29, 0.717) is 5.69 Å². The predicted molar refractivity (Wildman–Crippen MR) is 92.3 cm³/mol. The van der Waals surface area contributed by atoms with Gasteiger partial charge in [0.05, 0.1) is 4.92 Å².